The third-order valence-electron chi connectivity index (χ3n) is 6.44. The number of aliphatic hydroxyl groups is 1. The molecular formula is C23H32FN5O8P2S. The summed E-state index contributed by atoms with van der Waals surface area (Å²) >= 11 is 0.788. The Balaban J connectivity index is 1.27. The molecule has 13 nitrogen and oxygen atoms in total. The average molecular weight is 620 g/mol. The Morgan fingerprint density at radius 1 is 1.23 bits per heavy atom. The van der Waals surface area contributed by atoms with Gasteiger partial charge in [0, 0.05) is 49.9 Å². The van der Waals surface area contributed by atoms with E-state index in [0.717, 1.165) is 11.8 Å². The SMILES string of the molecule is CC(PO)(PO)SC(=O)NC[C@H]1CN(c2ccc(N3CCN(Cc4ccc(N(O)CO)o4)CC3)c(F)c2)C(=O)O1. The lowest BCUT2D eigenvalue weighted by atomic mass is 10.2. The molecule has 3 heterocycles. The fourth-order valence-electron chi connectivity index (χ4n) is 4.28. The average Bonchev–Trinajstić information content (AvgIpc) is 3.58. The van der Waals surface area contributed by atoms with E-state index in [9.17, 15) is 24.6 Å². The van der Waals surface area contributed by atoms with Crippen LogP contribution in [0, 0.1) is 5.82 Å². The van der Waals surface area contributed by atoms with Crippen LogP contribution in [0.1, 0.15) is 12.7 Å². The number of benzene rings is 1. The van der Waals surface area contributed by atoms with Crippen LogP contribution >= 0.6 is 29.4 Å². The Bertz CT molecular complexity index is 1180. The van der Waals surface area contributed by atoms with Crippen molar-refractivity contribution in [2.24, 2.45) is 0 Å². The maximum absolute atomic E-state index is 15.1. The normalized spacial score (nSPS) is 20.1. The predicted octanol–water partition coefficient (Wildman–Crippen LogP) is 2.50. The maximum atomic E-state index is 15.1. The number of nitrogens with zero attached hydrogens (tertiary/aromatic N) is 4. The van der Waals surface area contributed by atoms with Gasteiger partial charge < -0.3 is 34.3 Å². The first-order chi connectivity index (χ1) is 19.1. The number of hydrogen-bond acceptors (Lipinski definition) is 12. The van der Waals surface area contributed by atoms with Crippen LogP contribution in [0.25, 0.3) is 0 Å². The van der Waals surface area contributed by atoms with Crippen molar-refractivity contribution >= 4 is 58.0 Å². The molecule has 2 amide bonds. The smallest absolute Gasteiger partial charge is 0.414 e. The van der Waals surface area contributed by atoms with Gasteiger partial charge >= 0.3 is 6.09 Å². The second-order valence-electron chi connectivity index (χ2n) is 9.32. The van der Waals surface area contributed by atoms with Crippen molar-refractivity contribution in [2.45, 2.75) is 23.8 Å². The zero-order valence-corrected chi connectivity index (χ0v) is 24.4. The molecule has 3 atom stereocenters. The molecule has 0 saturated carbocycles. The van der Waals surface area contributed by atoms with Gasteiger partial charge in [0.15, 0.2) is 0 Å². The number of carbonyl (C=O) groups is 2. The number of anilines is 3. The lowest BCUT2D eigenvalue weighted by Crippen LogP contribution is -2.46. The summed E-state index contributed by atoms with van der Waals surface area (Å²) in [7, 11) is -1.24. The molecule has 2 saturated heterocycles. The summed E-state index contributed by atoms with van der Waals surface area (Å²) in [5.74, 6) is 0.318. The molecule has 2 aromatic rings. The molecule has 2 fully saturated rings. The van der Waals surface area contributed by atoms with E-state index in [4.69, 9.17) is 14.3 Å². The Morgan fingerprint density at radius 3 is 2.60 bits per heavy atom. The minimum Gasteiger partial charge on any atom is -0.442 e. The highest BCUT2D eigenvalue weighted by molar-refractivity contribution is 8.21. The number of carbonyl (C=O) groups excluding carboxylic acids is 2. The Kier molecular flexibility index (Phi) is 10.5. The van der Waals surface area contributed by atoms with Crippen molar-refractivity contribution in [3.63, 3.8) is 0 Å². The Hall–Kier alpha value is -2.22. The first-order valence-corrected chi connectivity index (χ1v) is 15.1. The highest BCUT2D eigenvalue weighted by Gasteiger charge is 2.34. The van der Waals surface area contributed by atoms with E-state index in [1.54, 1.807) is 31.2 Å². The van der Waals surface area contributed by atoms with Gasteiger partial charge in [0.05, 0.1) is 31.0 Å². The number of furan rings is 1. The second-order valence-corrected chi connectivity index (χ2v) is 14.4. The van der Waals surface area contributed by atoms with Crippen LogP contribution in [0.5, 0.6) is 0 Å². The molecule has 220 valence electrons. The molecule has 17 heteroatoms. The molecule has 2 aliphatic rings. The molecule has 1 aromatic heterocycles. The lowest BCUT2D eigenvalue weighted by molar-refractivity contribution is 0.136. The van der Waals surface area contributed by atoms with E-state index in [-0.39, 0.29) is 19.0 Å². The first-order valence-electron chi connectivity index (χ1n) is 12.3. The number of hydrogen-bond donors (Lipinski definition) is 5. The number of amides is 2. The number of hydroxylamine groups is 1. The van der Waals surface area contributed by atoms with Crippen LogP contribution in [0.2, 0.25) is 0 Å². The summed E-state index contributed by atoms with van der Waals surface area (Å²) in [6, 6.07) is 7.88. The quantitative estimate of drug-likeness (QED) is 0.142. The van der Waals surface area contributed by atoms with E-state index in [1.165, 1.54) is 11.0 Å². The number of nitrogens with one attached hydrogen (secondary N) is 1. The van der Waals surface area contributed by atoms with E-state index >= 15 is 4.39 Å². The van der Waals surface area contributed by atoms with Gasteiger partial charge in [-0.05, 0) is 43.0 Å². The fraction of sp³-hybridized carbons (Fsp3) is 0.478. The summed E-state index contributed by atoms with van der Waals surface area (Å²) in [5, 5.41) is 21.3. The minimum atomic E-state index is -0.971. The van der Waals surface area contributed by atoms with Gasteiger partial charge in [-0.15, -0.1) is 0 Å². The fourth-order valence-corrected chi connectivity index (χ4v) is 5.92. The highest BCUT2D eigenvalue weighted by atomic mass is 32.2. The van der Waals surface area contributed by atoms with E-state index < -0.39 is 51.8 Å². The zero-order valence-electron chi connectivity index (χ0n) is 21.6. The molecule has 0 bridgehead atoms. The number of cyclic esters (lactones) is 1. The van der Waals surface area contributed by atoms with E-state index in [2.05, 4.69) is 10.2 Å². The van der Waals surface area contributed by atoms with Gasteiger partial charge in [-0.3, -0.25) is 19.8 Å². The number of aliphatic hydroxyl groups excluding tert-OH is 1. The molecule has 2 unspecified atom stereocenters. The summed E-state index contributed by atoms with van der Waals surface area (Å²) in [4.78, 5) is 48.7. The minimum absolute atomic E-state index is 0.0388. The molecule has 2 aliphatic heterocycles. The van der Waals surface area contributed by atoms with Gasteiger partial charge in [0.25, 0.3) is 5.24 Å². The van der Waals surface area contributed by atoms with Crippen LogP contribution in [-0.4, -0.2) is 92.7 Å². The number of ether oxygens (including phenoxy) is 1. The monoisotopic (exact) mass is 619 g/mol. The standard InChI is InChI=1S/C23H32FN5O8P2S/c1-23(38-34,39-35)40-21(31)25-11-17-13-28(22(32)37-17)15-2-4-19(18(24)10-15)27-8-6-26(7-9-27)12-16-3-5-20(36-16)29(33)14-30/h2-5,10,17,30,33-35,38-39H,6-9,11-14H2,1H3,(H,25,31)/t17-/m0/s1. The molecule has 40 heavy (non-hydrogen) atoms. The molecule has 4 rings (SSSR count). The van der Waals surface area contributed by atoms with Gasteiger partial charge in [0.2, 0.25) is 5.88 Å². The second kappa shape index (κ2) is 13.6. The van der Waals surface area contributed by atoms with Gasteiger partial charge in [0.1, 0.15) is 28.6 Å². The van der Waals surface area contributed by atoms with E-state index in [1.807, 2.05) is 4.90 Å². The number of piperazine rings is 1. The molecule has 0 spiro atoms. The Labute approximate surface area is 237 Å². The van der Waals surface area contributed by atoms with E-state index in [0.29, 0.717) is 54.9 Å². The number of halogens is 1. The molecule has 5 N–H and O–H groups in total. The van der Waals surface area contributed by atoms with Gasteiger partial charge in [-0.2, -0.15) is 5.06 Å². The molecule has 0 aliphatic carbocycles. The Morgan fingerprint density at radius 2 is 1.95 bits per heavy atom. The van der Waals surface area contributed by atoms with Crippen molar-refractivity contribution in [3.8, 4) is 0 Å². The molecule has 1 aromatic carbocycles. The first kappa shape index (κ1) is 30.7. The maximum Gasteiger partial charge on any atom is 0.414 e. The van der Waals surface area contributed by atoms with Crippen LogP contribution in [0.15, 0.2) is 34.7 Å². The molecular weight excluding hydrogens is 587 g/mol. The highest BCUT2D eigenvalue weighted by Crippen LogP contribution is 2.51. The van der Waals surface area contributed by atoms with Crippen LogP contribution < -0.4 is 20.2 Å². The third kappa shape index (κ3) is 7.54. The van der Waals surface area contributed by atoms with Crippen molar-refractivity contribution in [3.05, 3.63) is 41.9 Å². The largest absolute Gasteiger partial charge is 0.442 e. The van der Waals surface area contributed by atoms with Crippen LogP contribution in [0.3, 0.4) is 0 Å². The lowest BCUT2D eigenvalue weighted by Gasteiger charge is -2.36. The summed E-state index contributed by atoms with van der Waals surface area (Å²) < 4.78 is 25.0. The summed E-state index contributed by atoms with van der Waals surface area (Å²) in [6.45, 7) is 4.13. The van der Waals surface area contributed by atoms with Crippen LogP contribution in [0.4, 0.5) is 31.2 Å². The topological polar surface area (TPSA) is 162 Å². The zero-order chi connectivity index (χ0) is 28.9. The van der Waals surface area contributed by atoms with Gasteiger partial charge in [-0.1, -0.05) is 0 Å². The van der Waals surface area contributed by atoms with Crippen molar-refractivity contribution in [1.29, 1.82) is 0 Å². The third-order valence-corrected chi connectivity index (χ3v) is 9.87. The summed E-state index contributed by atoms with van der Waals surface area (Å²) in [5.41, 5.74) is 0.770. The van der Waals surface area contributed by atoms with Crippen molar-refractivity contribution in [2.75, 3.05) is 60.9 Å². The van der Waals surface area contributed by atoms with Crippen molar-refractivity contribution < 1.29 is 43.2 Å². The number of rotatable bonds is 11. The molecule has 0 radical (unpaired) electrons. The van der Waals surface area contributed by atoms with Crippen LogP contribution in [-0.2, 0) is 11.3 Å². The predicted molar refractivity (Wildman–Crippen MR) is 152 cm³/mol. The van der Waals surface area contributed by atoms with Gasteiger partial charge in [-0.25, -0.2) is 9.18 Å². The van der Waals surface area contributed by atoms with Crippen molar-refractivity contribution in [1.82, 2.24) is 10.2 Å². The number of thioether (sulfide) groups is 1. The summed E-state index contributed by atoms with van der Waals surface area (Å²) in [6.07, 6.45) is -1.28.